The number of nitrogens with zero attached hydrogens (tertiary/aromatic N) is 2. The van der Waals surface area contributed by atoms with Crippen LogP contribution in [-0.4, -0.2) is 18.9 Å². The molecule has 1 heterocycles. The van der Waals surface area contributed by atoms with E-state index in [1.54, 1.807) is 7.05 Å². The molecular weight excluding hydrogens is 272 g/mol. The second kappa shape index (κ2) is 4.88. The monoisotopic (exact) mass is 278 g/mol. The van der Waals surface area contributed by atoms with Gasteiger partial charge in [-0.15, -0.1) is 11.3 Å². The number of hydrogen-bond donors (Lipinski definition) is 0. The summed E-state index contributed by atoms with van der Waals surface area (Å²) in [6, 6.07) is 0. The number of thiophene rings is 1. The molecule has 1 aromatic rings. The van der Waals surface area contributed by atoms with Crippen LogP contribution >= 0.6 is 38.9 Å². The molecule has 0 aliphatic rings. The summed E-state index contributed by atoms with van der Waals surface area (Å²) < 4.78 is 0. The van der Waals surface area contributed by atoms with E-state index >= 15 is 0 Å². The highest BCUT2D eigenvalue weighted by Crippen LogP contribution is 2.33. The van der Waals surface area contributed by atoms with Crippen LogP contribution in [-0.2, 0) is 5.33 Å². The van der Waals surface area contributed by atoms with Crippen LogP contribution in [0.1, 0.15) is 10.4 Å². The Kier molecular flexibility index (Phi) is 4.09. The topological polar surface area (TPSA) is 24.7 Å². The normalized spacial score (nSPS) is 11.8. The van der Waals surface area contributed by atoms with Gasteiger partial charge in [-0.1, -0.05) is 27.5 Å². The Hall–Kier alpha value is -0.190. The molecule has 0 saturated carbocycles. The zero-order valence-electron chi connectivity index (χ0n) is 7.05. The maximum Gasteiger partial charge on any atom is 0.142 e. The van der Waals surface area contributed by atoms with Gasteiger partial charge in [0.15, 0.2) is 0 Å². The molecule has 0 spiro atoms. The van der Waals surface area contributed by atoms with Crippen molar-refractivity contribution in [2.45, 2.75) is 5.33 Å². The molecular formula is C8H8BrClN2S. The smallest absolute Gasteiger partial charge is 0.142 e. The van der Waals surface area contributed by atoms with E-state index in [1.807, 2.05) is 5.38 Å². The molecule has 0 unspecified atom stereocenters. The molecule has 1 aromatic heterocycles. The maximum absolute atomic E-state index is 5.90. The second-order valence-electron chi connectivity index (χ2n) is 2.24. The predicted octanol–water partition coefficient (Wildman–Crippen LogP) is 3.59. The van der Waals surface area contributed by atoms with Crippen LogP contribution in [0, 0.1) is 0 Å². The van der Waals surface area contributed by atoms with E-state index in [1.165, 1.54) is 11.3 Å². The molecule has 0 saturated heterocycles. The third kappa shape index (κ3) is 2.18. The van der Waals surface area contributed by atoms with Gasteiger partial charge in [0, 0.05) is 12.4 Å². The predicted molar refractivity (Wildman–Crippen MR) is 64.5 cm³/mol. The lowest BCUT2D eigenvalue weighted by Crippen LogP contribution is -1.86. The summed E-state index contributed by atoms with van der Waals surface area (Å²) in [6.45, 7) is 3.51. The molecule has 0 amide bonds. The van der Waals surface area contributed by atoms with Crippen molar-refractivity contribution in [3.8, 4) is 0 Å². The SMILES string of the molecule is C=Nc1c(CBr)csc1C(Cl)=NC. The van der Waals surface area contributed by atoms with Crippen molar-refractivity contribution in [1.29, 1.82) is 0 Å². The van der Waals surface area contributed by atoms with E-state index in [0.29, 0.717) is 5.17 Å². The number of aliphatic imine (C=N–C) groups is 2. The van der Waals surface area contributed by atoms with Gasteiger partial charge in [-0.2, -0.15) is 0 Å². The summed E-state index contributed by atoms with van der Waals surface area (Å²) in [7, 11) is 1.66. The van der Waals surface area contributed by atoms with Gasteiger partial charge in [0.25, 0.3) is 0 Å². The minimum absolute atomic E-state index is 0.486. The largest absolute Gasteiger partial charge is 0.275 e. The maximum atomic E-state index is 5.90. The van der Waals surface area contributed by atoms with Crippen molar-refractivity contribution in [3.63, 3.8) is 0 Å². The van der Waals surface area contributed by atoms with Crippen molar-refractivity contribution in [3.05, 3.63) is 15.8 Å². The highest BCUT2D eigenvalue weighted by atomic mass is 79.9. The van der Waals surface area contributed by atoms with Gasteiger partial charge in [-0.05, 0) is 17.7 Å². The van der Waals surface area contributed by atoms with Crippen LogP contribution in [0.5, 0.6) is 0 Å². The number of alkyl halides is 1. The molecule has 0 bridgehead atoms. The number of halogens is 2. The molecule has 0 N–H and O–H groups in total. The van der Waals surface area contributed by atoms with Crippen molar-refractivity contribution in [2.75, 3.05) is 7.05 Å². The Morgan fingerprint density at radius 3 is 2.92 bits per heavy atom. The van der Waals surface area contributed by atoms with E-state index in [0.717, 1.165) is 21.5 Å². The molecule has 0 fully saturated rings. The first-order valence-corrected chi connectivity index (χ1v) is 5.88. The van der Waals surface area contributed by atoms with Crippen LogP contribution in [0.3, 0.4) is 0 Å². The standard InChI is InChI=1S/C8H8BrClN2S/c1-11-6-5(3-9)4-13-7(6)8(10)12-2/h4H,1,3H2,2H3. The molecule has 5 heteroatoms. The van der Waals surface area contributed by atoms with Crippen molar-refractivity contribution >= 4 is 56.4 Å². The quantitative estimate of drug-likeness (QED) is 0.597. The average Bonchev–Trinajstić information content (AvgIpc) is 2.58. The summed E-state index contributed by atoms with van der Waals surface area (Å²) >= 11 is 10.8. The third-order valence-electron chi connectivity index (χ3n) is 1.52. The fraction of sp³-hybridized carbons (Fsp3) is 0.250. The summed E-state index contributed by atoms with van der Waals surface area (Å²) in [6.07, 6.45) is 0. The van der Waals surface area contributed by atoms with Crippen molar-refractivity contribution in [2.24, 2.45) is 9.98 Å². The van der Waals surface area contributed by atoms with E-state index in [4.69, 9.17) is 11.6 Å². The first-order chi connectivity index (χ1) is 6.24. The lowest BCUT2D eigenvalue weighted by atomic mass is 10.3. The Morgan fingerprint density at radius 1 is 1.77 bits per heavy atom. The fourth-order valence-electron chi connectivity index (χ4n) is 0.904. The Labute approximate surface area is 94.5 Å². The summed E-state index contributed by atoms with van der Waals surface area (Å²) in [4.78, 5) is 8.72. The highest BCUT2D eigenvalue weighted by Gasteiger charge is 2.12. The average molecular weight is 280 g/mol. The van der Waals surface area contributed by atoms with Gasteiger partial charge >= 0.3 is 0 Å². The Bertz CT molecular complexity index is 346. The minimum Gasteiger partial charge on any atom is -0.275 e. The molecule has 0 aliphatic carbocycles. The molecule has 0 aliphatic heterocycles. The number of hydrogen-bond acceptors (Lipinski definition) is 3. The second-order valence-corrected chi connectivity index (χ2v) is 4.04. The van der Waals surface area contributed by atoms with Gasteiger partial charge in [-0.3, -0.25) is 9.98 Å². The van der Waals surface area contributed by atoms with Crippen molar-refractivity contribution in [1.82, 2.24) is 0 Å². The summed E-state index contributed by atoms with van der Waals surface area (Å²) in [5.41, 5.74) is 1.93. The molecule has 1 rings (SSSR count). The zero-order chi connectivity index (χ0) is 9.84. The first kappa shape index (κ1) is 10.9. The van der Waals surface area contributed by atoms with E-state index in [9.17, 15) is 0 Å². The molecule has 2 nitrogen and oxygen atoms in total. The fourth-order valence-corrected chi connectivity index (χ4v) is 2.72. The van der Waals surface area contributed by atoms with Crippen LogP contribution < -0.4 is 0 Å². The van der Waals surface area contributed by atoms with Crippen LogP contribution in [0.4, 0.5) is 5.69 Å². The molecule has 0 atom stereocenters. The van der Waals surface area contributed by atoms with Gasteiger partial charge in [0.05, 0.1) is 10.6 Å². The lowest BCUT2D eigenvalue weighted by Gasteiger charge is -1.96. The van der Waals surface area contributed by atoms with Gasteiger partial charge in [0.1, 0.15) is 5.17 Å². The Balaban J connectivity index is 3.23. The molecule has 13 heavy (non-hydrogen) atoms. The zero-order valence-corrected chi connectivity index (χ0v) is 10.2. The molecule has 0 radical (unpaired) electrons. The van der Waals surface area contributed by atoms with Crippen LogP contribution in [0.25, 0.3) is 0 Å². The van der Waals surface area contributed by atoms with Gasteiger partial charge in [0.2, 0.25) is 0 Å². The molecule has 70 valence electrons. The van der Waals surface area contributed by atoms with Crippen LogP contribution in [0.2, 0.25) is 0 Å². The van der Waals surface area contributed by atoms with Crippen molar-refractivity contribution < 1.29 is 0 Å². The minimum atomic E-state index is 0.486. The van der Waals surface area contributed by atoms with E-state index in [2.05, 4.69) is 32.6 Å². The third-order valence-corrected chi connectivity index (χ3v) is 3.62. The summed E-state index contributed by atoms with van der Waals surface area (Å²) in [5, 5.41) is 3.24. The lowest BCUT2D eigenvalue weighted by molar-refractivity contribution is 1.42. The summed E-state index contributed by atoms with van der Waals surface area (Å²) in [5.74, 6) is 0. The van der Waals surface area contributed by atoms with Gasteiger partial charge < -0.3 is 0 Å². The van der Waals surface area contributed by atoms with E-state index < -0.39 is 0 Å². The Morgan fingerprint density at radius 2 is 2.46 bits per heavy atom. The van der Waals surface area contributed by atoms with Crippen LogP contribution in [0.15, 0.2) is 15.4 Å². The van der Waals surface area contributed by atoms with Gasteiger partial charge in [-0.25, -0.2) is 0 Å². The first-order valence-electron chi connectivity index (χ1n) is 3.50. The highest BCUT2D eigenvalue weighted by molar-refractivity contribution is 9.08. The number of rotatable bonds is 3. The van der Waals surface area contributed by atoms with E-state index in [-0.39, 0.29) is 0 Å². The molecule has 0 aromatic carbocycles.